The molecule has 0 saturated heterocycles. The van der Waals surface area contributed by atoms with Gasteiger partial charge in [0, 0.05) is 0 Å². The number of methoxy groups -OCH3 is 1. The maximum atomic E-state index is 12.9. The lowest BCUT2D eigenvalue weighted by Crippen LogP contribution is -2.16. The lowest BCUT2D eigenvalue weighted by Gasteiger charge is -2.16. The van der Waals surface area contributed by atoms with Crippen LogP contribution in [0.15, 0.2) is 41.3 Å². The van der Waals surface area contributed by atoms with Gasteiger partial charge in [0.2, 0.25) is 0 Å². The van der Waals surface area contributed by atoms with Gasteiger partial charge in [0.1, 0.15) is 16.4 Å². The Hall–Kier alpha value is -2.21. The largest absolute Gasteiger partial charge is 0.495 e. The summed E-state index contributed by atoms with van der Waals surface area (Å²) in [7, 11) is -2.30. The molecule has 0 aliphatic rings. The van der Waals surface area contributed by atoms with Gasteiger partial charge in [0.15, 0.2) is 0 Å². The maximum Gasteiger partial charge on any atom is 0.265 e. The molecule has 2 aromatic carbocycles. The number of rotatable bonds is 7. The summed E-state index contributed by atoms with van der Waals surface area (Å²) in [4.78, 5) is 0.130. The van der Waals surface area contributed by atoms with E-state index < -0.39 is 10.0 Å². The van der Waals surface area contributed by atoms with Gasteiger partial charge in [0.05, 0.1) is 19.4 Å². The quantitative estimate of drug-likeness (QED) is 0.823. The second kappa shape index (κ2) is 7.57. The molecule has 130 valence electrons. The Morgan fingerprint density at radius 1 is 1.04 bits per heavy atom. The molecule has 2 aromatic rings. The van der Waals surface area contributed by atoms with Crippen LogP contribution in [0.4, 0.5) is 5.69 Å². The van der Waals surface area contributed by atoms with Crippen LogP contribution in [-0.4, -0.2) is 22.1 Å². The predicted octanol–water partition coefficient (Wildman–Crippen LogP) is 3.90. The number of para-hydroxylation sites is 2. The predicted molar refractivity (Wildman–Crippen MR) is 95.5 cm³/mol. The first kappa shape index (κ1) is 18.1. The molecule has 0 spiro atoms. The topological polar surface area (TPSA) is 64.6 Å². The fraction of sp³-hybridized carbons (Fsp3) is 0.333. The molecule has 0 aromatic heterocycles. The highest BCUT2D eigenvalue weighted by atomic mass is 32.2. The molecule has 0 heterocycles. The van der Waals surface area contributed by atoms with E-state index in [1.807, 2.05) is 20.8 Å². The summed E-state index contributed by atoms with van der Waals surface area (Å²) in [6.45, 7) is 6.24. The van der Waals surface area contributed by atoms with E-state index in [0.717, 1.165) is 17.5 Å². The molecule has 6 heteroatoms. The second-order valence-electron chi connectivity index (χ2n) is 5.54. The third-order valence-electron chi connectivity index (χ3n) is 3.66. The lowest BCUT2D eigenvalue weighted by atomic mass is 10.1. The van der Waals surface area contributed by atoms with Gasteiger partial charge in [-0.25, -0.2) is 8.42 Å². The van der Waals surface area contributed by atoms with E-state index in [9.17, 15) is 8.42 Å². The summed E-state index contributed by atoms with van der Waals surface area (Å²) in [6.07, 6.45) is 0.798. The van der Waals surface area contributed by atoms with E-state index in [1.165, 1.54) is 7.11 Å². The molecule has 24 heavy (non-hydrogen) atoms. The minimum absolute atomic E-state index is 0.130. The smallest absolute Gasteiger partial charge is 0.265 e. The molecular formula is C18H23NO4S. The number of nitrogens with one attached hydrogen (secondary N) is 1. The van der Waals surface area contributed by atoms with E-state index >= 15 is 0 Å². The Balaban J connectivity index is 2.46. The van der Waals surface area contributed by atoms with Crippen LogP contribution >= 0.6 is 0 Å². The normalized spacial score (nSPS) is 11.2. The summed E-state index contributed by atoms with van der Waals surface area (Å²) in [5, 5.41) is 0. The summed E-state index contributed by atoms with van der Waals surface area (Å²) < 4.78 is 39.2. The fourth-order valence-electron chi connectivity index (χ4n) is 2.23. The van der Waals surface area contributed by atoms with Gasteiger partial charge in [-0.1, -0.05) is 19.1 Å². The highest BCUT2D eigenvalue weighted by Gasteiger charge is 2.22. The average Bonchev–Trinajstić information content (AvgIpc) is 2.55. The molecule has 0 saturated carbocycles. The average molecular weight is 349 g/mol. The summed E-state index contributed by atoms with van der Waals surface area (Å²) in [5.41, 5.74) is 2.26. The Morgan fingerprint density at radius 3 is 2.38 bits per heavy atom. The van der Waals surface area contributed by atoms with Crippen molar-refractivity contribution in [3.8, 4) is 11.5 Å². The summed E-state index contributed by atoms with van der Waals surface area (Å²) in [6, 6.07) is 10.3. The standard InChI is InChI=1S/C18H23NO4S/c1-5-10-23-17-11-13(2)14(3)12-18(17)24(20,21)19-15-8-6-7-9-16(15)22-4/h6-9,11-12,19H,5,10H2,1-4H3. The molecule has 0 aliphatic heterocycles. The molecule has 0 bridgehead atoms. The van der Waals surface area contributed by atoms with E-state index in [-0.39, 0.29) is 4.90 Å². The maximum absolute atomic E-state index is 12.9. The van der Waals surface area contributed by atoms with Gasteiger partial charge in [0.25, 0.3) is 10.0 Å². The van der Waals surface area contributed by atoms with Crippen LogP contribution < -0.4 is 14.2 Å². The van der Waals surface area contributed by atoms with E-state index in [4.69, 9.17) is 9.47 Å². The molecule has 0 amide bonds. The zero-order valence-electron chi connectivity index (χ0n) is 14.4. The zero-order valence-corrected chi connectivity index (χ0v) is 15.2. The van der Waals surface area contributed by atoms with Crippen molar-refractivity contribution in [2.75, 3.05) is 18.4 Å². The van der Waals surface area contributed by atoms with Crippen molar-refractivity contribution < 1.29 is 17.9 Å². The van der Waals surface area contributed by atoms with Crippen molar-refractivity contribution in [1.82, 2.24) is 0 Å². The number of sulfonamides is 1. The van der Waals surface area contributed by atoms with Crippen LogP contribution in [0.1, 0.15) is 24.5 Å². The molecule has 0 radical (unpaired) electrons. The zero-order chi connectivity index (χ0) is 17.7. The molecular weight excluding hydrogens is 326 g/mol. The molecule has 0 aliphatic carbocycles. The van der Waals surface area contributed by atoms with Crippen LogP contribution in [0.2, 0.25) is 0 Å². The van der Waals surface area contributed by atoms with Crippen LogP contribution in [0.3, 0.4) is 0 Å². The number of hydrogen-bond donors (Lipinski definition) is 1. The number of anilines is 1. The molecule has 0 unspecified atom stereocenters. The second-order valence-corrected chi connectivity index (χ2v) is 7.19. The first-order valence-electron chi connectivity index (χ1n) is 7.79. The van der Waals surface area contributed by atoms with E-state index in [0.29, 0.717) is 23.8 Å². The number of benzene rings is 2. The monoisotopic (exact) mass is 349 g/mol. The van der Waals surface area contributed by atoms with Crippen LogP contribution in [0.25, 0.3) is 0 Å². The summed E-state index contributed by atoms with van der Waals surface area (Å²) in [5.74, 6) is 0.822. The first-order chi connectivity index (χ1) is 11.4. The van der Waals surface area contributed by atoms with E-state index in [1.54, 1.807) is 36.4 Å². The van der Waals surface area contributed by atoms with Gasteiger partial charge in [-0.2, -0.15) is 0 Å². The van der Waals surface area contributed by atoms with Gasteiger partial charge >= 0.3 is 0 Å². The Morgan fingerprint density at radius 2 is 1.71 bits per heavy atom. The van der Waals surface area contributed by atoms with Crippen molar-refractivity contribution in [3.05, 3.63) is 47.5 Å². The van der Waals surface area contributed by atoms with Gasteiger partial charge in [-0.05, 0) is 55.7 Å². The van der Waals surface area contributed by atoms with Gasteiger partial charge in [-0.15, -0.1) is 0 Å². The van der Waals surface area contributed by atoms with Crippen LogP contribution in [-0.2, 0) is 10.0 Å². The molecule has 5 nitrogen and oxygen atoms in total. The molecule has 0 atom stereocenters. The molecule has 0 fully saturated rings. The minimum Gasteiger partial charge on any atom is -0.495 e. The van der Waals surface area contributed by atoms with Gasteiger partial charge in [-0.3, -0.25) is 4.72 Å². The Bertz CT molecular complexity index is 816. The third kappa shape index (κ3) is 4.00. The van der Waals surface area contributed by atoms with Crippen molar-refractivity contribution in [3.63, 3.8) is 0 Å². The van der Waals surface area contributed by atoms with Crippen molar-refractivity contribution in [2.45, 2.75) is 32.1 Å². The first-order valence-corrected chi connectivity index (χ1v) is 9.27. The van der Waals surface area contributed by atoms with Crippen LogP contribution in [0, 0.1) is 13.8 Å². The van der Waals surface area contributed by atoms with Crippen molar-refractivity contribution in [2.24, 2.45) is 0 Å². The van der Waals surface area contributed by atoms with Gasteiger partial charge < -0.3 is 9.47 Å². The molecule has 2 rings (SSSR count). The number of ether oxygens (including phenoxy) is 2. The lowest BCUT2D eigenvalue weighted by molar-refractivity contribution is 0.309. The Labute approximate surface area is 143 Å². The van der Waals surface area contributed by atoms with E-state index in [2.05, 4.69) is 4.72 Å². The van der Waals surface area contributed by atoms with Crippen LogP contribution in [0.5, 0.6) is 11.5 Å². The summed E-state index contributed by atoms with van der Waals surface area (Å²) >= 11 is 0. The number of aryl methyl sites for hydroxylation is 2. The van der Waals surface area contributed by atoms with Crippen molar-refractivity contribution >= 4 is 15.7 Å². The highest BCUT2D eigenvalue weighted by molar-refractivity contribution is 7.92. The minimum atomic E-state index is -3.80. The SMILES string of the molecule is CCCOc1cc(C)c(C)cc1S(=O)(=O)Nc1ccccc1OC. The van der Waals surface area contributed by atoms with Crippen molar-refractivity contribution in [1.29, 1.82) is 0 Å². The number of hydrogen-bond acceptors (Lipinski definition) is 4. The highest BCUT2D eigenvalue weighted by Crippen LogP contribution is 2.31. The third-order valence-corrected chi connectivity index (χ3v) is 5.05. The Kier molecular flexibility index (Phi) is 5.72. The fourth-order valence-corrected chi connectivity index (χ4v) is 3.51. The molecule has 1 N–H and O–H groups in total.